The highest BCUT2D eigenvalue weighted by Crippen LogP contribution is 2.22. The average Bonchev–Trinajstić information content (AvgIpc) is 2.78. The lowest BCUT2D eigenvalue weighted by Gasteiger charge is -2.30. The second-order valence-corrected chi connectivity index (χ2v) is 5.80. The Kier molecular flexibility index (Phi) is 4.95. The smallest absolute Gasteiger partial charge is 0.118 e. The highest BCUT2D eigenvalue weighted by atomic mass is 32.2. The lowest BCUT2D eigenvalue weighted by Crippen LogP contribution is -2.34. The van der Waals surface area contributed by atoms with Gasteiger partial charge < -0.3 is 9.73 Å². The van der Waals surface area contributed by atoms with Crippen molar-refractivity contribution in [2.75, 3.05) is 26.4 Å². The number of hydrogen-bond acceptors (Lipinski definition) is 4. The van der Waals surface area contributed by atoms with Gasteiger partial charge in [0, 0.05) is 17.4 Å². The molecule has 0 aromatic carbocycles. The summed E-state index contributed by atoms with van der Waals surface area (Å²) in [6.45, 7) is 4.25. The van der Waals surface area contributed by atoms with Crippen LogP contribution in [0.5, 0.6) is 0 Å². The van der Waals surface area contributed by atoms with Crippen molar-refractivity contribution in [2.24, 2.45) is 0 Å². The zero-order valence-electron chi connectivity index (χ0n) is 10.7. The molecule has 17 heavy (non-hydrogen) atoms. The molecule has 0 unspecified atom stereocenters. The average molecular weight is 254 g/mol. The Hall–Kier alpha value is -0.450. The van der Waals surface area contributed by atoms with Crippen molar-refractivity contribution >= 4 is 11.8 Å². The van der Waals surface area contributed by atoms with E-state index >= 15 is 0 Å². The van der Waals surface area contributed by atoms with E-state index in [0.29, 0.717) is 0 Å². The van der Waals surface area contributed by atoms with Crippen molar-refractivity contribution in [1.82, 2.24) is 10.2 Å². The molecule has 2 rings (SSSR count). The number of furan rings is 1. The maximum absolute atomic E-state index is 5.59. The first-order valence-corrected chi connectivity index (χ1v) is 7.56. The van der Waals surface area contributed by atoms with Crippen LogP contribution in [0.4, 0.5) is 0 Å². The standard InChI is InChI=1S/C13H22N2OS/c1-14-8-11-7-12(16-10-11)9-15-5-3-13(17-2)4-6-15/h7,10,13-14H,3-6,8-9H2,1-2H3. The Balaban J connectivity index is 1.80. The van der Waals surface area contributed by atoms with Crippen molar-refractivity contribution in [2.45, 2.75) is 31.2 Å². The third-order valence-corrected chi connectivity index (χ3v) is 4.47. The number of likely N-dealkylation sites (tertiary alicyclic amines) is 1. The van der Waals surface area contributed by atoms with Gasteiger partial charge in [-0.1, -0.05) is 0 Å². The summed E-state index contributed by atoms with van der Waals surface area (Å²) in [6.07, 6.45) is 6.70. The summed E-state index contributed by atoms with van der Waals surface area (Å²) < 4.78 is 5.59. The fourth-order valence-corrected chi connectivity index (χ4v) is 3.01. The molecule has 0 aliphatic carbocycles. The number of rotatable bonds is 5. The molecule has 2 heterocycles. The van der Waals surface area contributed by atoms with Crippen molar-refractivity contribution in [1.29, 1.82) is 0 Å². The van der Waals surface area contributed by atoms with Crippen LogP contribution in [0.25, 0.3) is 0 Å². The van der Waals surface area contributed by atoms with Gasteiger partial charge in [-0.05, 0) is 45.3 Å². The lowest BCUT2D eigenvalue weighted by molar-refractivity contribution is 0.208. The summed E-state index contributed by atoms with van der Waals surface area (Å²) in [4.78, 5) is 2.49. The van der Waals surface area contributed by atoms with Crippen molar-refractivity contribution in [3.05, 3.63) is 23.7 Å². The second-order valence-electron chi connectivity index (χ2n) is 4.66. The molecule has 0 bridgehead atoms. The van der Waals surface area contributed by atoms with E-state index in [1.54, 1.807) is 0 Å². The van der Waals surface area contributed by atoms with E-state index < -0.39 is 0 Å². The molecular weight excluding hydrogens is 232 g/mol. The molecule has 96 valence electrons. The predicted molar refractivity (Wildman–Crippen MR) is 73.3 cm³/mol. The molecule has 1 N–H and O–H groups in total. The number of nitrogens with one attached hydrogen (secondary N) is 1. The summed E-state index contributed by atoms with van der Waals surface area (Å²) in [7, 11) is 1.96. The van der Waals surface area contributed by atoms with Gasteiger partial charge >= 0.3 is 0 Å². The fourth-order valence-electron chi connectivity index (χ4n) is 2.33. The molecule has 0 saturated carbocycles. The van der Waals surface area contributed by atoms with Crippen LogP contribution < -0.4 is 5.32 Å². The van der Waals surface area contributed by atoms with Crippen LogP contribution in [-0.4, -0.2) is 36.5 Å². The number of piperidine rings is 1. The van der Waals surface area contributed by atoms with Crippen LogP contribution >= 0.6 is 11.8 Å². The summed E-state index contributed by atoms with van der Waals surface area (Å²) in [5.41, 5.74) is 1.24. The van der Waals surface area contributed by atoms with Gasteiger partial charge in [0.25, 0.3) is 0 Å². The molecule has 0 radical (unpaired) electrons. The lowest BCUT2D eigenvalue weighted by atomic mass is 10.1. The minimum Gasteiger partial charge on any atom is -0.468 e. The van der Waals surface area contributed by atoms with Crippen LogP contribution in [0, 0.1) is 0 Å². The van der Waals surface area contributed by atoms with Gasteiger partial charge in [-0.25, -0.2) is 0 Å². The zero-order valence-corrected chi connectivity index (χ0v) is 11.6. The van der Waals surface area contributed by atoms with Crippen LogP contribution in [0.15, 0.2) is 16.7 Å². The van der Waals surface area contributed by atoms with Crippen molar-refractivity contribution < 1.29 is 4.42 Å². The first-order chi connectivity index (χ1) is 8.31. The van der Waals surface area contributed by atoms with Crippen LogP contribution in [0.2, 0.25) is 0 Å². The topological polar surface area (TPSA) is 28.4 Å². The van der Waals surface area contributed by atoms with E-state index in [9.17, 15) is 0 Å². The predicted octanol–water partition coefficient (Wildman–Crippen LogP) is 2.33. The monoisotopic (exact) mass is 254 g/mol. The molecule has 1 aliphatic heterocycles. The van der Waals surface area contributed by atoms with Gasteiger partial charge in [0.15, 0.2) is 0 Å². The van der Waals surface area contributed by atoms with Gasteiger partial charge in [0.2, 0.25) is 0 Å². The molecular formula is C13H22N2OS. The highest BCUT2D eigenvalue weighted by molar-refractivity contribution is 7.99. The molecule has 1 aromatic heterocycles. The van der Waals surface area contributed by atoms with E-state index in [1.807, 2.05) is 25.1 Å². The normalized spacial score (nSPS) is 18.7. The Morgan fingerprint density at radius 1 is 1.47 bits per heavy atom. The summed E-state index contributed by atoms with van der Waals surface area (Å²) in [5.74, 6) is 1.10. The van der Waals surface area contributed by atoms with Gasteiger partial charge in [-0.15, -0.1) is 0 Å². The van der Waals surface area contributed by atoms with E-state index in [-0.39, 0.29) is 0 Å². The quantitative estimate of drug-likeness (QED) is 0.873. The van der Waals surface area contributed by atoms with E-state index in [1.165, 1.54) is 31.5 Å². The first-order valence-electron chi connectivity index (χ1n) is 6.28. The largest absolute Gasteiger partial charge is 0.468 e. The minimum absolute atomic E-state index is 0.864. The number of nitrogens with zero attached hydrogens (tertiary/aromatic N) is 1. The first kappa shape index (κ1) is 13.0. The third-order valence-electron chi connectivity index (χ3n) is 3.34. The molecule has 1 saturated heterocycles. The maximum atomic E-state index is 5.59. The Bertz CT molecular complexity index is 332. The van der Waals surface area contributed by atoms with E-state index in [4.69, 9.17) is 4.42 Å². The van der Waals surface area contributed by atoms with Crippen LogP contribution in [0.1, 0.15) is 24.2 Å². The summed E-state index contributed by atoms with van der Waals surface area (Å²) >= 11 is 2.01. The summed E-state index contributed by atoms with van der Waals surface area (Å²) in [5, 5.41) is 4.00. The maximum Gasteiger partial charge on any atom is 0.118 e. The molecule has 1 aromatic rings. The molecule has 0 atom stereocenters. The Morgan fingerprint density at radius 2 is 2.24 bits per heavy atom. The molecule has 4 heteroatoms. The Labute approximate surface area is 108 Å². The molecule has 1 fully saturated rings. The Morgan fingerprint density at radius 3 is 2.88 bits per heavy atom. The number of thioether (sulfide) groups is 1. The third kappa shape index (κ3) is 3.76. The van der Waals surface area contributed by atoms with Gasteiger partial charge in [-0.2, -0.15) is 11.8 Å². The van der Waals surface area contributed by atoms with Gasteiger partial charge in [0.1, 0.15) is 5.76 Å². The van der Waals surface area contributed by atoms with Crippen LogP contribution in [-0.2, 0) is 13.1 Å². The van der Waals surface area contributed by atoms with Gasteiger partial charge in [0.05, 0.1) is 12.8 Å². The van der Waals surface area contributed by atoms with Crippen molar-refractivity contribution in [3.8, 4) is 0 Å². The van der Waals surface area contributed by atoms with E-state index in [0.717, 1.165) is 24.1 Å². The summed E-state index contributed by atoms with van der Waals surface area (Å²) in [6, 6.07) is 2.16. The fraction of sp³-hybridized carbons (Fsp3) is 0.692. The number of hydrogen-bond donors (Lipinski definition) is 1. The molecule has 0 spiro atoms. The second kappa shape index (κ2) is 6.47. The minimum atomic E-state index is 0.864. The van der Waals surface area contributed by atoms with E-state index in [2.05, 4.69) is 22.5 Å². The molecule has 3 nitrogen and oxygen atoms in total. The van der Waals surface area contributed by atoms with Crippen LogP contribution in [0.3, 0.4) is 0 Å². The highest BCUT2D eigenvalue weighted by Gasteiger charge is 2.19. The van der Waals surface area contributed by atoms with Crippen molar-refractivity contribution in [3.63, 3.8) is 0 Å². The SMILES string of the molecule is CNCc1coc(CN2CCC(SC)CC2)c1. The molecule has 1 aliphatic rings. The zero-order chi connectivity index (χ0) is 12.1. The van der Waals surface area contributed by atoms with Gasteiger partial charge in [-0.3, -0.25) is 4.90 Å². The molecule has 0 amide bonds.